The molecule has 2 aromatic carbocycles. The minimum Gasteiger partial charge on any atom is -0.324 e. The van der Waals surface area contributed by atoms with Gasteiger partial charge in [0, 0.05) is 13.0 Å². The Morgan fingerprint density at radius 3 is 2.68 bits per heavy atom. The number of rotatable bonds is 7. The highest BCUT2D eigenvalue weighted by Gasteiger charge is 2.20. The molecule has 1 amide bonds. The predicted octanol–water partition coefficient (Wildman–Crippen LogP) is 4.80. The summed E-state index contributed by atoms with van der Waals surface area (Å²) in [6.07, 6.45) is 0.675. The first-order chi connectivity index (χ1) is 13.5. The van der Waals surface area contributed by atoms with E-state index in [-0.39, 0.29) is 10.9 Å². The van der Waals surface area contributed by atoms with Crippen LogP contribution < -0.4 is 5.32 Å². The van der Waals surface area contributed by atoms with Crippen molar-refractivity contribution in [3.63, 3.8) is 0 Å². The molecule has 0 fully saturated rings. The predicted molar refractivity (Wildman–Crippen MR) is 110 cm³/mol. The number of aromatic nitrogens is 3. The molecular formula is C20H20ClFN4OS. The van der Waals surface area contributed by atoms with Gasteiger partial charge in [0.25, 0.3) is 0 Å². The maximum absolute atomic E-state index is 13.2. The zero-order chi connectivity index (χ0) is 20.1. The van der Waals surface area contributed by atoms with Gasteiger partial charge in [0.2, 0.25) is 5.91 Å². The van der Waals surface area contributed by atoms with E-state index in [1.807, 2.05) is 41.8 Å². The summed E-state index contributed by atoms with van der Waals surface area (Å²) in [5.74, 6) is 0.159. The molecule has 0 aliphatic heterocycles. The molecule has 0 aliphatic carbocycles. The smallest absolute Gasteiger partial charge is 0.237 e. The van der Waals surface area contributed by atoms with Gasteiger partial charge in [0.05, 0.1) is 16.0 Å². The van der Waals surface area contributed by atoms with Crippen LogP contribution in [0.4, 0.5) is 10.1 Å². The molecule has 3 rings (SSSR count). The van der Waals surface area contributed by atoms with Crippen LogP contribution in [0, 0.1) is 5.82 Å². The van der Waals surface area contributed by atoms with E-state index in [0.29, 0.717) is 23.8 Å². The molecule has 3 aromatic rings. The lowest BCUT2D eigenvalue weighted by Gasteiger charge is -2.13. The lowest BCUT2D eigenvalue weighted by molar-refractivity contribution is -0.115. The van der Waals surface area contributed by atoms with Crippen LogP contribution in [0.25, 0.3) is 0 Å². The van der Waals surface area contributed by atoms with Crippen molar-refractivity contribution in [1.29, 1.82) is 0 Å². The topological polar surface area (TPSA) is 59.8 Å². The highest BCUT2D eigenvalue weighted by atomic mass is 35.5. The zero-order valence-corrected chi connectivity index (χ0v) is 17.1. The summed E-state index contributed by atoms with van der Waals surface area (Å²) in [5, 5.41) is 11.7. The number of carbonyl (C=O) groups is 1. The Labute approximate surface area is 172 Å². The van der Waals surface area contributed by atoms with E-state index < -0.39 is 11.1 Å². The molecule has 146 valence electrons. The molecule has 1 atom stereocenters. The van der Waals surface area contributed by atoms with Crippen LogP contribution in [0.3, 0.4) is 0 Å². The van der Waals surface area contributed by atoms with Gasteiger partial charge in [-0.3, -0.25) is 4.79 Å². The van der Waals surface area contributed by atoms with Crippen molar-refractivity contribution in [1.82, 2.24) is 14.8 Å². The fraction of sp³-hybridized carbons (Fsp3) is 0.250. The highest BCUT2D eigenvalue weighted by Crippen LogP contribution is 2.27. The lowest BCUT2D eigenvalue weighted by Crippen LogP contribution is -2.23. The van der Waals surface area contributed by atoms with E-state index in [1.165, 1.54) is 30.0 Å². The van der Waals surface area contributed by atoms with Gasteiger partial charge in [-0.1, -0.05) is 53.7 Å². The van der Waals surface area contributed by atoms with Crippen molar-refractivity contribution >= 4 is 35.0 Å². The number of carbonyl (C=O) groups excluding carboxylic acids is 1. The first kappa shape index (κ1) is 20.4. The minimum absolute atomic E-state index is 0.160. The van der Waals surface area contributed by atoms with E-state index in [9.17, 15) is 9.18 Å². The maximum atomic E-state index is 13.2. The van der Waals surface area contributed by atoms with E-state index in [2.05, 4.69) is 15.5 Å². The first-order valence-electron chi connectivity index (χ1n) is 8.86. The molecule has 28 heavy (non-hydrogen) atoms. The van der Waals surface area contributed by atoms with Crippen LogP contribution in [0.15, 0.2) is 53.7 Å². The van der Waals surface area contributed by atoms with E-state index in [4.69, 9.17) is 11.6 Å². The van der Waals surface area contributed by atoms with Crippen LogP contribution in [0.1, 0.15) is 25.2 Å². The number of nitrogens with one attached hydrogen (secondary N) is 1. The zero-order valence-electron chi connectivity index (χ0n) is 15.5. The molecule has 5 nitrogen and oxygen atoms in total. The SMILES string of the molecule is CCn1c(Cc2ccccc2)nnc1S[C@H](C)C(=O)Nc1ccc(F)cc1Cl. The summed E-state index contributed by atoms with van der Waals surface area (Å²) in [5.41, 5.74) is 1.53. The van der Waals surface area contributed by atoms with Crippen molar-refractivity contribution < 1.29 is 9.18 Å². The van der Waals surface area contributed by atoms with Gasteiger partial charge < -0.3 is 9.88 Å². The number of amides is 1. The van der Waals surface area contributed by atoms with Crippen molar-refractivity contribution in [2.24, 2.45) is 0 Å². The summed E-state index contributed by atoms with van der Waals surface area (Å²) >= 11 is 7.30. The monoisotopic (exact) mass is 418 g/mol. The average Bonchev–Trinajstić information content (AvgIpc) is 3.05. The molecule has 0 saturated heterocycles. The fourth-order valence-electron chi connectivity index (χ4n) is 2.67. The molecule has 0 spiro atoms. The van der Waals surface area contributed by atoms with Crippen LogP contribution >= 0.6 is 23.4 Å². The molecule has 1 N–H and O–H groups in total. The van der Waals surface area contributed by atoms with Gasteiger partial charge in [-0.25, -0.2) is 4.39 Å². The Bertz CT molecular complexity index is 964. The van der Waals surface area contributed by atoms with Crippen LogP contribution in [-0.4, -0.2) is 25.9 Å². The molecule has 0 radical (unpaired) electrons. The van der Waals surface area contributed by atoms with E-state index >= 15 is 0 Å². The van der Waals surface area contributed by atoms with Crippen LogP contribution in [-0.2, 0) is 17.8 Å². The molecular weight excluding hydrogens is 399 g/mol. The second-order valence-corrected chi connectivity index (χ2v) is 7.89. The fourth-order valence-corrected chi connectivity index (χ4v) is 3.82. The molecule has 0 saturated carbocycles. The Kier molecular flexibility index (Phi) is 6.70. The third-order valence-electron chi connectivity index (χ3n) is 4.16. The van der Waals surface area contributed by atoms with Gasteiger partial charge in [-0.2, -0.15) is 0 Å². The average molecular weight is 419 g/mol. The lowest BCUT2D eigenvalue weighted by atomic mass is 10.1. The second-order valence-electron chi connectivity index (χ2n) is 6.18. The largest absolute Gasteiger partial charge is 0.324 e. The Balaban J connectivity index is 1.69. The molecule has 1 aromatic heterocycles. The second kappa shape index (κ2) is 9.21. The first-order valence-corrected chi connectivity index (χ1v) is 10.1. The van der Waals surface area contributed by atoms with Gasteiger partial charge in [0.1, 0.15) is 11.6 Å². The number of hydrogen-bond donors (Lipinski definition) is 1. The number of anilines is 1. The molecule has 1 heterocycles. The maximum Gasteiger partial charge on any atom is 0.237 e. The summed E-state index contributed by atoms with van der Waals surface area (Å²) in [6, 6.07) is 13.9. The Morgan fingerprint density at radius 1 is 1.25 bits per heavy atom. The third-order valence-corrected chi connectivity index (χ3v) is 5.55. The summed E-state index contributed by atoms with van der Waals surface area (Å²) in [4.78, 5) is 12.5. The van der Waals surface area contributed by atoms with Crippen LogP contribution in [0.2, 0.25) is 5.02 Å². The number of halogens is 2. The van der Waals surface area contributed by atoms with Gasteiger partial charge in [-0.05, 0) is 37.6 Å². The van der Waals surface area contributed by atoms with Gasteiger partial charge in [-0.15, -0.1) is 10.2 Å². The van der Waals surface area contributed by atoms with Crippen molar-refractivity contribution in [3.05, 3.63) is 70.8 Å². The Morgan fingerprint density at radius 2 is 2.00 bits per heavy atom. The molecule has 0 unspecified atom stereocenters. The number of thioether (sulfide) groups is 1. The number of benzene rings is 2. The Hall–Kier alpha value is -2.38. The van der Waals surface area contributed by atoms with Gasteiger partial charge in [0.15, 0.2) is 5.16 Å². The van der Waals surface area contributed by atoms with Crippen molar-refractivity contribution in [3.8, 4) is 0 Å². The summed E-state index contributed by atoms with van der Waals surface area (Å²) in [7, 11) is 0. The quantitative estimate of drug-likeness (QED) is 0.560. The molecule has 8 heteroatoms. The number of hydrogen-bond acceptors (Lipinski definition) is 4. The normalized spacial score (nSPS) is 12.0. The standard InChI is InChI=1S/C20H20ClFN4OS/c1-3-26-18(11-14-7-5-4-6-8-14)24-25-20(26)28-13(2)19(27)23-17-10-9-15(22)12-16(17)21/h4-10,12-13H,3,11H2,1-2H3,(H,23,27)/t13-/m1/s1. The summed E-state index contributed by atoms with van der Waals surface area (Å²) in [6.45, 7) is 4.50. The number of nitrogens with zero attached hydrogens (tertiary/aromatic N) is 3. The summed E-state index contributed by atoms with van der Waals surface area (Å²) < 4.78 is 15.2. The van der Waals surface area contributed by atoms with Crippen LogP contribution in [0.5, 0.6) is 0 Å². The van der Waals surface area contributed by atoms with Crippen molar-refractivity contribution in [2.75, 3.05) is 5.32 Å². The third kappa shape index (κ3) is 4.91. The van der Waals surface area contributed by atoms with E-state index in [0.717, 1.165) is 11.4 Å². The van der Waals surface area contributed by atoms with E-state index in [1.54, 1.807) is 6.92 Å². The highest BCUT2D eigenvalue weighted by molar-refractivity contribution is 8.00. The van der Waals surface area contributed by atoms with Gasteiger partial charge >= 0.3 is 0 Å². The minimum atomic E-state index is -0.451. The van der Waals surface area contributed by atoms with Crippen molar-refractivity contribution in [2.45, 2.75) is 37.2 Å². The molecule has 0 bridgehead atoms. The molecule has 0 aliphatic rings.